The third kappa shape index (κ3) is 7.45. The van der Waals surface area contributed by atoms with Crippen molar-refractivity contribution in [1.29, 1.82) is 0 Å². The van der Waals surface area contributed by atoms with Crippen LogP contribution in [0.4, 0.5) is 32.0 Å². The molecule has 0 spiro atoms. The Morgan fingerprint density at radius 2 is 1.57 bits per heavy atom. The normalized spacial score (nSPS) is 15.6. The number of hydrogen-bond acceptors (Lipinski definition) is 3. The Balaban J connectivity index is 1.63. The van der Waals surface area contributed by atoms with Crippen LogP contribution in [-0.4, -0.2) is 47.8 Å². The predicted molar refractivity (Wildman–Crippen MR) is 117 cm³/mol. The van der Waals surface area contributed by atoms with Crippen molar-refractivity contribution < 1.29 is 35.9 Å². The van der Waals surface area contributed by atoms with E-state index in [0.717, 1.165) is 11.6 Å². The molecule has 190 valence electrons. The van der Waals surface area contributed by atoms with E-state index < -0.39 is 41.4 Å². The van der Waals surface area contributed by atoms with E-state index in [1.807, 2.05) is 12.1 Å². The maximum absolute atomic E-state index is 13.4. The van der Waals surface area contributed by atoms with E-state index in [-0.39, 0.29) is 12.0 Å². The first kappa shape index (κ1) is 26.5. The Hall–Kier alpha value is -3.08. The monoisotopic (exact) mass is 501 g/mol. The van der Waals surface area contributed by atoms with Crippen molar-refractivity contribution in [3.8, 4) is 0 Å². The summed E-state index contributed by atoms with van der Waals surface area (Å²) in [4.78, 5) is 27.4. The minimum Gasteiger partial charge on any atom is -0.341 e. The van der Waals surface area contributed by atoms with Crippen molar-refractivity contribution in [2.75, 3.05) is 31.5 Å². The molecule has 0 unspecified atom stereocenters. The number of halogens is 6. The summed E-state index contributed by atoms with van der Waals surface area (Å²) < 4.78 is 78.9. The second-order valence-corrected chi connectivity index (χ2v) is 8.43. The van der Waals surface area contributed by atoms with Crippen LogP contribution in [0.2, 0.25) is 0 Å². The topological polar surface area (TPSA) is 52.7 Å². The lowest BCUT2D eigenvalue weighted by molar-refractivity contribution is -0.143. The lowest BCUT2D eigenvalue weighted by Gasteiger charge is -2.23. The molecule has 3 rings (SSSR count). The molecule has 0 atom stereocenters. The predicted octanol–water partition coefficient (Wildman–Crippen LogP) is 4.96. The van der Waals surface area contributed by atoms with Crippen LogP contribution < -0.4 is 5.32 Å². The zero-order valence-electron chi connectivity index (χ0n) is 19.0. The fourth-order valence-electron chi connectivity index (χ4n) is 3.98. The number of hydrogen-bond donors (Lipinski definition) is 1. The standard InChI is InChI=1S/C24H25F6N3O2/c1-16(34)31-20-7-3-17(4-8-20)15-32-9-2-10-33(12-11-32)22(35)13-18-5-6-19(23(25,26)27)14-21(18)24(28,29)30/h3-8,14H,2,9-13,15H2,1H3,(H,31,34). The van der Waals surface area contributed by atoms with Crippen LogP contribution >= 0.6 is 0 Å². The molecule has 5 nitrogen and oxygen atoms in total. The van der Waals surface area contributed by atoms with Gasteiger partial charge in [0, 0.05) is 45.3 Å². The Kier molecular flexibility index (Phi) is 8.09. The van der Waals surface area contributed by atoms with E-state index in [2.05, 4.69) is 10.2 Å². The molecule has 0 bridgehead atoms. The molecule has 1 heterocycles. The third-order valence-corrected chi connectivity index (χ3v) is 5.71. The first-order valence-electron chi connectivity index (χ1n) is 11.0. The van der Waals surface area contributed by atoms with Gasteiger partial charge in [-0.05, 0) is 41.8 Å². The molecule has 1 aliphatic heterocycles. The van der Waals surface area contributed by atoms with Crippen LogP contribution in [0.15, 0.2) is 42.5 Å². The van der Waals surface area contributed by atoms with E-state index in [4.69, 9.17) is 0 Å². The van der Waals surface area contributed by atoms with Crippen LogP contribution in [0.1, 0.15) is 35.6 Å². The first-order chi connectivity index (χ1) is 16.3. The molecule has 2 aromatic carbocycles. The highest BCUT2D eigenvalue weighted by atomic mass is 19.4. The molecule has 0 saturated carbocycles. The number of nitrogens with zero attached hydrogens (tertiary/aromatic N) is 2. The quantitative estimate of drug-likeness (QED) is 0.590. The van der Waals surface area contributed by atoms with Crippen molar-refractivity contribution in [3.63, 3.8) is 0 Å². The van der Waals surface area contributed by atoms with E-state index in [9.17, 15) is 35.9 Å². The van der Waals surface area contributed by atoms with Crippen LogP contribution in [0.25, 0.3) is 0 Å². The highest BCUT2D eigenvalue weighted by Gasteiger charge is 2.38. The molecule has 2 amide bonds. The number of alkyl halides is 6. The van der Waals surface area contributed by atoms with Gasteiger partial charge < -0.3 is 10.2 Å². The van der Waals surface area contributed by atoms with Gasteiger partial charge in [0.1, 0.15) is 0 Å². The van der Waals surface area contributed by atoms with Gasteiger partial charge in [-0.25, -0.2) is 0 Å². The van der Waals surface area contributed by atoms with Gasteiger partial charge in [0.05, 0.1) is 17.5 Å². The molecule has 0 aliphatic carbocycles. The Labute approximate surface area is 198 Å². The average Bonchev–Trinajstić information content (AvgIpc) is 2.99. The van der Waals surface area contributed by atoms with E-state index in [1.54, 1.807) is 12.1 Å². The van der Waals surface area contributed by atoms with Gasteiger partial charge >= 0.3 is 12.4 Å². The highest BCUT2D eigenvalue weighted by molar-refractivity contribution is 5.88. The van der Waals surface area contributed by atoms with Crippen molar-refractivity contribution >= 4 is 17.5 Å². The molecule has 1 aliphatic rings. The third-order valence-electron chi connectivity index (χ3n) is 5.71. The second kappa shape index (κ2) is 10.7. The lowest BCUT2D eigenvalue weighted by Crippen LogP contribution is -2.36. The van der Waals surface area contributed by atoms with Gasteiger partial charge in [-0.1, -0.05) is 18.2 Å². The van der Waals surface area contributed by atoms with E-state index in [1.165, 1.54) is 11.8 Å². The molecular weight excluding hydrogens is 476 g/mol. The zero-order valence-corrected chi connectivity index (χ0v) is 19.0. The summed E-state index contributed by atoms with van der Waals surface area (Å²) in [5, 5.41) is 2.68. The van der Waals surface area contributed by atoms with E-state index >= 15 is 0 Å². The van der Waals surface area contributed by atoms with Gasteiger partial charge in [0.25, 0.3) is 0 Å². The Morgan fingerprint density at radius 1 is 0.886 bits per heavy atom. The van der Waals surface area contributed by atoms with Gasteiger partial charge in [-0.3, -0.25) is 14.5 Å². The Bertz CT molecular complexity index is 1050. The maximum atomic E-state index is 13.4. The van der Waals surface area contributed by atoms with Crippen LogP contribution in [-0.2, 0) is 34.9 Å². The van der Waals surface area contributed by atoms with Crippen molar-refractivity contribution in [2.24, 2.45) is 0 Å². The smallest absolute Gasteiger partial charge is 0.341 e. The largest absolute Gasteiger partial charge is 0.416 e. The molecule has 0 aromatic heterocycles. The minimum atomic E-state index is -5.01. The SMILES string of the molecule is CC(=O)Nc1ccc(CN2CCCN(C(=O)Cc3ccc(C(F)(F)F)cc3C(F)(F)F)CC2)cc1. The molecular formula is C24H25F6N3O2. The van der Waals surface area contributed by atoms with Gasteiger partial charge in [0.15, 0.2) is 0 Å². The summed E-state index contributed by atoms with van der Waals surface area (Å²) in [5.74, 6) is -0.731. The molecule has 1 N–H and O–H groups in total. The summed E-state index contributed by atoms with van der Waals surface area (Å²) >= 11 is 0. The number of rotatable bonds is 5. The summed E-state index contributed by atoms with van der Waals surface area (Å²) in [6.07, 6.45) is -9.95. The summed E-state index contributed by atoms with van der Waals surface area (Å²) in [7, 11) is 0. The van der Waals surface area contributed by atoms with Crippen molar-refractivity contribution in [2.45, 2.75) is 38.7 Å². The van der Waals surface area contributed by atoms with Crippen LogP contribution in [0.5, 0.6) is 0 Å². The number of anilines is 1. The minimum absolute atomic E-state index is 0.0595. The molecule has 2 aromatic rings. The van der Waals surface area contributed by atoms with Crippen LogP contribution in [0, 0.1) is 0 Å². The van der Waals surface area contributed by atoms with Gasteiger partial charge in [-0.15, -0.1) is 0 Å². The van der Waals surface area contributed by atoms with Crippen LogP contribution in [0.3, 0.4) is 0 Å². The number of carbonyl (C=O) groups excluding carboxylic acids is 2. The maximum Gasteiger partial charge on any atom is 0.416 e. The van der Waals surface area contributed by atoms with E-state index in [0.29, 0.717) is 50.9 Å². The number of benzene rings is 2. The fraction of sp³-hybridized carbons (Fsp3) is 0.417. The van der Waals surface area contributed by atoms with Crippen molar-refractivity contribution in [1.82, 2.24) is 9.80 Å². The Morgan fingerprint density at radius 3 is 2.17 bits per heavy atom. The number of nitrogens with one attached hydrogen (secondary N) is 1. The molecule has 1 fully saturated rings. The number of amides is 2. The lowest BCUT2D eigenvalue weighted by atomic mass is 10.00. The highest BCUT2D eigenvalue weighted by Crippen LogP contribution is 2.37. The van der Waals surface area contributed by atoms with Gasteiger partial charge in [0.2, 0.25) is 11.8 Å². The molecule has 11 heteroatoms. The number of carbonyl (C=O) groups is 2. The zero-order chi connectivity index (χ0) is 25.8. The fourth-order valence-corrected chi connectivity index (χ4v) is 3.98. The van der Waals surface area contributed by atoms with Crippen molar-refractivity contribution in [3.05, 3.63) is 64.7 Å². The molecule has 0 radical (unpaired) electrons. The second-order valence-electron chi connectivity index (χ2n) is 8.43. The molecule has 35 heavy (non-hydrogen) atoms. The first-order valence-corrected chi connectivity index (χ1v) is 11.0. The van der Waals surface area contributed by atoms with Gasteiger partial charge in [-0.2, -0.15) is 26.3 Å². The summed E-state index contributed by atoms with van der Waals surface area (Å²) in [5.41, 5.74) is -1.65. The molecule has 1 saturated heterocycles. The average molecular weight is 501 g/mol. The summed E-state index contributed by atoms with van der Waals surface area (Å²) in [6.45, 7) is 3.83. The summed E-state index contributed by atoms with van der Waals surface area (Å²) in [6, 6.07) is 8.69.